The monoisotopic (exact) mass is 416 g/mol. The van der Waals surface area contributed by atoms with Crippen LogP contribution < -0.4 is 5.32 Å². The molecule has 150 valence electrons. The quantitative estimate of drug-likeness (QED) is 0.657. The highest BCUT2D eigenvalue weighted by molar-refractivity contribution is 7.89. The zero-order valence-electron chi connectivity index (χ0n) is 15.5. The highest BCUT2D eigenvalue weighted by Gasteiger charge is 2.28. The number of ether oxygens (including phenoxy) is 1. The van der Waals surface area contributed by atoms with Gasteiger partial charge in [0.25, 0.3) is 5.91 Å². The van der Waals surface area contributed by atoms with Crippen molar-refractivity contribution in [2.24, 2.45) is 0 Å². The number of esters is 1. The summed E-state index contributed by atoms with van der Waals surface area (Å²) in [5.41, 5.74) is -0.0775. The Hall–Kier alpha value is -1.64. The minimum Gasteiger partial charge on any atom is -0.452 e. The van der Waals surface area contributed by atoms with Gasteiger partial charge in [0.2, 0.25) is 10.0 Å². The SMILES string of the molecule is CCC[C@@H](C)NC(=O)COC(=O)c1cc(S(=O)(=O)N2CCCC2)ccc1Cl. The fourth-order valence-electron chi connectivity index (χ4n) is 2.93. The largest absolute Gasteiger partial charge is 0.452 e. The van der Waals surface area contributed by atoms with E-state index in [0.29, 0.717) is 13.1 Å². The number of hydrogen-bond donors (Lipinski definition) is 1. The van der Waals surface area contributed by atoms with Gasteiger partial charge in [-0.1, -0.05) is 24.9 Å². The molecule has 9 heteroatoms. The van der Waals surface area contributed by atoms with Crippen LogP contribution in [0.4, 0.5) is 0 Å². The average Bonchev–Trinajstić information content (AvgIpc) is 3.15. The van der Waals surface area contributed by atoms with Crippen LogP contribution >= 0.6 is 11.6 Å². The van der Waals surface area contributed by atoms with Gasteiger partial charge >= 0.3 is 5.97 Å². The van der Waals surface area contributed by atoms with Crippen LogP contribution in [0.25, 0.3) is 0 Å². The number of hydrogen-bond acceptors (Lipinski definition) is 5. The van der Waals surface area contributed by atoms with Gasteiger partial charge in [0.05, 0.1) is 15.5 Å². The molecule has 0 radical (unpaired) electrons. The Kier molecular flexibility index (Phi) is 7.64. The molecule has 1 fully saturated rings. The van der Waals surface area contributed by atoms with Crippen molar-refractivity contribution >= 4 is 33.5 Å². The third-order valence-electron chi connectivity index (χ3n) is 4.32. The molecule has 1 aromatic rings. The molecule has 1 heterocycles. The Morgan fingerprint density at radius 1 is 1.30 bits per heavy atom. The molecule has 1 aromatic carbocycles. The first kappa shape index (κ1) is 21.7. The maximum Gasteiger partial charge on any atom is 0.340 e. The molecular formula is C18H25ClN2O5S. The van der Waals surface area contributed by atoms with E-state index in [0.717, 1.165) is 25.7 Å². The minimum absolute atomic E-state index is 0.0123. The molecule has 0 aromatic heterocycles. The van der Waals surface area contributed by atoms with E-state index in [9.17, 15) is 18.0 Å². The van der Waals surface area contributed by atoms with E-state index in [1.54, 1.807) is 0 Å². The van der Waals surface area contributed by atoms with E-state index in [2.05, 4.69) is 5.32 Å². The lowest BCUT2D eigenvalue weighted by atomic mass is 10.2. The van der Waals surface area contributed by atoms with Crippen molar-refractivity contribution in [3.05, 3.63) is 28.8 Å². The molecule has 27 heavy (non-hydrogen) atoms. The minimum atomic E-state index is -3.68. The van der Waals surface area contributed by atoms with Gasteiger partial charge in [-0.3, -0.25) is 4.79 Å². The standard InChI is InChI=1S/C18H25ClN2O5S/c1-3-6-13(2)20-17(22)12-26-18(23)15-11-14(7-8-16(15)19)27(24,25)21-9-4-5-10-21/h7-8,11,13H,3-6,9-10,12H2,1-2H3,(H,20,22)/t13-/m1/s1. The molecule has 0 bridgehead atoms. The highest BCUT2D eigenvalue weighted by Crippen LogP contribution is 2.25. The second-order valence-electron chi connectivity index (χ2n) is 6.59. The first-order valence-electron chi connectivity index (χ1n) is 9.02. The second kappa shape index (κ2) is 9.52. The van der Waals surface area contributed by atoms with Gasteiger partial charge in [-0.05, 0) is 44.4 Å². The Bertz CT molecular complexity index is 791. The fourth-order valence-corrected chi connectivity index (χ4v) is 4.67. The Morgan fingerprint density at radius 2 is 1.96 bits per heavy atom. The van der Waals surface area contributed by atoms with Crippen molar-refractivity contribution in [2.75, 3.05) is 19.7 Å². The number of carbonyl (C=O) groups excluding carboxylic acids is 2. The summed E-state index contributed by atoms with van der Waals surface area (Å²) in [4.78, 5) is 24.1. The van der Waals surface area contributed by atoms with Crippen LogP contribution in [0, 0.1) is 0 Å². The Balaban J connectivity index is 2.07. The molecule has 0 unspecified atom stereocenters. The molecule has 0 saturated carbocycles. The molecule has 1 aliphatic heterocycles. The summed E-state index contributed by atoms with van der Waals surface area (Å²) >= 11 is 6.03. The zero-order valence-corrected chi connectivity index (χ0v) is 17.1. The molecule has 1 aliphatic rings. The number of nitrogens with one attached hydrogen (secondary N) is 1. The van der Waals surface area contributed by atoms with Gasteiger partial charge in [-0.15, -0.1) is 0 Å². The molecule has 1 saturated heterocycles. The van der Waals surface area contributed by atoms with Crippen LogP contribution in [-0.4, -0.2) is 50.3 Å². The molecule has 2 rings (SSSR count). The summed E-state index contributed by atoms with van der Waals surface area (Å²) < 4.78 is 31.7. The van der Waals surface area contributed by atoms with Crippen molar-refractivity contribution in [1.82, 2.24) is 9.62 Å². The van der Waals surface area contributed by atoms with E-state index in [4.69, 9.17) is 16.3 Å². The molecular weight excluding hydrogens is 392 g/mol. The van der Waals surface area contributed by atoms with Crippen molar-refractivity contribution in [3.8, 4) is 0 Å². The van der Waals surface area contributed by atoms with Gasteiger partial charge in [-0.2, -0.15) is 4.31 Å². The van der Waals surface area contributed by atoms with Gasteiger partial charge in [0.15, 0.2) is 6.61 Å². The van der Waals surface area contributed by atoms with E-state index < -0.39 is 28.5 Å². The zero-order chi connectivity index (χ0) is 20.0. The number of nitrogens with zero attached hydrogens (tertiary/aromatic N) is 1. The average molecular weight is 417 g/mol. The number of sulfonamides is 1. The van der Waals surface area contributed by atoms with Crippen molar-refractivity contribution in [1.29, 1.82) is 0 Å². The van der Waals surface area contributed by atoms with Crippen molar-refractivity contribution in [3.63, 3.8) is 0 Å². The molecule has 1 amide bonds. The molecule has 1 atom stereocenters. The summed E-state index contributed by atoms with van der Waals surface area (Å²) in [6.07, 6.45) is 3.37. The lowest BCUT2D eigenvalue weighted by Gasteiger charge is -2.16. The fraction of sp³-hybridized carbons (Fsp3) is 0.556. The number of amides is 1. The maximum absolute atomic E-state index is 12.6. The molecule has 0 aliphatic carbocycles. The van der Waals surface area contributed by atoms with Gasteiger partial charge in [-0.25, -0.2) is 13.2 Å². The van der Waals surface area contributed by atoms with Gasteiger partial charge in [0, 0.05) is 19.1 Å². The van der Waals surface area contributed by atoms with Gasteiger partial charge in [0.1, 0.15) is 0 Å². The molecule has 1 N–H and O–H groups in total. The Labute approximate surface area is 165 Å². The van der Waals surface area contributed by atoms with Crippen LogP contribution in [0.2, 0.25) is 5.02 Å². The van der Waals surface area contributed by atoms with Crippen LogP contribution in [0.5, 0.6) is 0 Å². The lowest BCUT2D eigenvalue weighted by molar-refractivity contribution is -0.124. The lowest BCUT2D eigenvalue weighted by Crippen LogP contribution is -2.35. The normalized spacial score (nSPS) is 16.1. The number of halogens is 1. The Morgan fingerprint density at radius 3 is 2.59 bits per heavy atom. The summed E-state index contributed by atoms with van der Waals surface area (Å²) in [5.74, 6) is -1.25. The maximum atomic E-state index is 12.6. The first-order chi connectivity index (χ1) is 12.8. The van der Waals surface area contributed by atoms with Crippen LogP contribution in [0.1, 0.15) is 49.9 Å². The highest BCUT2D eigenvalue weighted by atomic mass is 35.5. The molecule has 7 nitrogen and oxygen atoms in total. The predicted molar refractivity (Wildman–Crippen MR) is 102 cm³/mol. The van der Waals surface area contributed by atoms with Crippen LogP contribution in [0.15, 0.2) is 23.1 Å². The third kappa shape index (κ3) is 5.67. The van der Waals surface area contributed by atoms with Gasteiger partial charge < -0.3 is 10.1 Å². The summed E-state index contributed by atoms with van der Waals surface area (Å²) in [7, 11) is -3.68. The van der Waals surface area contributed by atoms with E-state index in [-0.39, 0.29) is 21.5 Å². The van der Waals surface area contributed by atoms with Crippen LogP contribution in [0.3, 0.4) is 0 Å². The molecule has 0 spiro atoms. The van der Waals surface area contributed by atoms with Crippen molar-refractivity contribution in [2.45, 2.75) is 50.5 Å². The van der Waals surface area contributed by atoms with E-state index >= 15 is 0 Å². The van der Waals surface area contributed by atoms with E-state index in [1.807, 2.05) is 13.8 Å². The summed E-state index contributed by atoms with van der Waals surface area (Å²) in [5, 5.41) is 2.79. The van der Waals surface area contributed by atoms with Crippen molar-refractivity contribution < 1.29 is 22.7 Å². The summed E-state index contributed by atoms with van der Waals surface area (Å²) in [6, 6.07) is 3.91. The predicted octanol–water partition coefficient (Wildman–Crippen LogP) is 2.59. The number of benzene rings is 1. The smallest absolute Gasteiger partial charge is 0.340 e. The number of rotatable bonds is 8. The van der Waals surface area contributed by atoms with E-state index in [1.165, 1.54) is 22.5 Å². The third-order valence-corrected chi connectivity index (χ3v) is 6.55. The topological polar surface area (TPSA) is 92.8 Å². The second-order valence-corrected chi connectivity index (χ2v) is 8.93. The summed E-state index contributed by atoms with van der Waals surface area (Å²) in [6.45, 7) is 4.34. The first-order valence-corrected chi connectivity index (χ1v) is 10.8. The number of carbonyl (C=O) groups is 2. The van der Waals surface area contributed by atoms with Crippen LogP contribution in [-0.2, 0) is 19.6 Å².